The summed E-state index contributed by atoms with van der Waals surface area (Å²) in [5.41, 5.74) is 1.06. The van der Waals surface area contributed by atoms with Crippen LogP contribution in [0.1, 0.15) is 44.5 Å². The summed E-state index contributed by atoms with van der Waals surface area (Å²) in [7, 11) is 0. The molecule has 130 valence electrons. The maximum absolute atomic E-state index is 12.1. The minimum Gasteiger partial charge on any atom is -0.391 e. The van der Waals surface area contributed by atoms with Crippen LogP contribution in [0, 0.1) is 0 Å². The molecule has 0 bridgehead atoms. The molecule has 0 aliphatic rings. The largest absolute Gasteiger partial charge is 0.391 e. The molecule has 2 unspecified atom stereocenters. The van der Waals surface area contributed by atoms with Gasteiger partial charge >= 0.3 is 0 Å². The summed E-state index contributed by atoms with van der Waals surface area (Å²) < 4.78 is 2.01. The van der Waals surface area contributed by atoms with E-state index in [9.17, 15) is 9.90 Å². The standard InChI is InChI=1S/C19H27N3O2/c1-14(2)19-20-10-12-22(19)11-9-18(24)21-15(3)17(23)13-16-7-5-4-6-8-16/h4-8,10,12,14-15,17,23H,9,11,13H2,1-3H3,(H,21,24). The van der Waals surface area contributed by atoms with Crippen molar-refractivity contribution >= 4 is 5.91 Å². The van der Waals surface area contributed by atoms with Crippen LogP contribution in [0.4, 0.5) is 0 Å². The van der Waals surface area contributed by atoms with Gasteiger partial charge in [0, 0.05) is 37.7 Å². The molecule has 1 aromatic carbocycles. The number of carbonyl (C=O) groups excluding carboxylic acids is 1. The van der Waals surface area contributed by atoms with E-state index in [2.05, 4.69) is 24.1 Å². The number of nitrogens with one attached hydrogen (secondary N) is 1. The Labute approximate surface area is 143 Å². The molecule has 0 fully saturated rings. The Hall–Kier alpha value is -2.14. The van der Waals surface area contributed by atoms with Crippen molar-refractivity contribution < 1.29 is 9.90 Å². The van der Waals surface area contributed by atoms with Crippen molar-refractivity contribution in [1.29, 1.82) is 0 Å². The van der Waals surface area contributed by atoms with E-state index in [1.807, 2.05) is 48.0 Å². The maximum atomic E-state index is 12.1. The number of nitrogens with zero attached hydrogens (tertiary/aromatic N) is 2. The summed E-state index contributed by atoms with van der Waals surface area (Å²) in [6, 6.07) is 9.51. The average Bonchev–Trinajstić information content (AvgIpc) is 3.02. The van der Waals surface area contributed by atoms with Crippen molar-refractivity contribution in [1.82, 2.24) is 14.9 Å². The molecule has 2 rings (SSSR count). The van der Waals surface area contributed by atoms with E-state index in [-0.39, 0.29) is 11.9 Å². The molecular weight excluding hydrogens is 302 g/mol. The average molecular weight is 329 g/mol. The number of aryl methyl sites for hydroxylation is 1. The first-order chi connectivity index (χ1) is 11.5. The van der Waals surface area contributed by atoms with Gasteiger partial charge in [-0.3, -0.25) is 4.79 Å². The van der Waals surface area contributed by atoms with Gasteiger partial charge in [0.15, 0.2) is 0 Å². The van der Waals surface area contributed by atoms with Crippen molar-refractivity contribution in [3.8, 4) is 0 Å². The fourth-order valence-electron chi connectivity index (χ4n) is 2.69. The summed E-state index contributed by atoms with van der Waals surface area (Å²) in [6.45, 7) is 6.60. The van der Waals surface area contributed by atoms with Crippen LogP contribution in [-0.4, -0.2) is 32.7 Å². The molecule has 1 aromatic heterocycles. The van der Waals surface area contributed by atoms with Gasteiger partial charge in [-0.25, -0.2) is 4.98 Å². The third-order valence-electron chi connectivity index (χ3n) is 4.10. The molecule has 5 heteroatoms. The van der Waals surface area contributed by atoms with Crippen LogP contribution in [0.15, 0.2) is 42.7 Å². The third kappa shape index (κ3) is 5.20. The highest BCUT2D eigenvalue weighted by Crippen LogP contribution is 2.12. The zero-order valence-electron chi connectivity index (χ0n) is 14.6. The Bertz CT molecular complexity index is 637. The van der Waals surface area contributed by atoms with E-state index in [4.69, 9.17) is 0 Å². The number of imidazole rings is 1. The van der Waals surface area contributed by atoms with Gasteiger partial charge in [-0.1, -0.05) is 44.2 Å². The van der Waals surface area contributed by atoms with Gasteiger partial charge in [0.05, 0.1) is 12.1 Å². The Kier molecular flexibility index (Phi) is 6.55. The molecule has 5 nitrogen and oxygen atoms in total. The number of benzene rings is 1. The fourth-order valence-corrected chi connectivity index (χ4v) is 2.69. The maximum Gasteiger partial charge on any atom is 0.222 e. The second kappa shape index (κ2) is 8.64. The number of hydrogen-bond acceptors (Lipinski definition) is 3. The Morgan fingerprint density at radius 1 is 1.25 bits per heavy atom. The van der Waals surface area contributed by atoms with E-state index in [0.717, 1.165) is 11.4 Å². The molecule has 0 saturated carbocycles. The van der Waals surface area contributed by atoms with Crippen molar-refractivity contribution in [3.63, 3.8) is 0 Å². The van der Waals surface area contributed by atoms with E-state index in [1.54, 1.807) is 6.20 Å². The number of amides is 1. The van der Waals surface area contributed by atoms with Gasteiger partial charge in [-0.15, -0.1) is 0 Å². The molecule has 2 atom stereocenters. The van der Waals surface area contributed by atoms with Crippen LogP contribution in [0.3, 0.4) is 0 Å². The summed E-state index contributed by atoms with van der Waals surface area (Å²) >= 11 is 0. The van der Waals surface area contributed by atoms with Gasteiger partial charge < -0.3 is 15.0 Å². The summed E-state index contributed by atoms with van der Waals surface area (Å²) in [4.78, 5) is 16.5. The predicted molar refractivity (Wildman–Crippen MR) is 94.7 cm³/mol. The number of aliphatic hydroxyl groups is 1. The van der Waals surface area contributed by atoms with Crippen LogP contribution in [-0.2, 0) is 17.8 Å². The second-order valence-electron chi connectivity index (χ2n) is 6.50. The molecule has 0 aliphatic heterocycles. The zero-order chi connectivity index (χ0) is 17.5. The molecule has 2 N–H and O–H groups in total. The lowest BCUT2D eigenvalue weighted by Crippen LogP contribution is -2.42. The number of aromatic nitrogens is 2. The van der Waals surface area contributed by atoms with Gasteiger partial charge in [0.25, 0.3) is 0 Å². The predicted octanol–water partition coefficient (Wildman–Crippen LogP) is 2.50. The Morgan fingerprint density at radius 2 is 1.96 bits per heavy atom. The second-order valence-corrected chi connectivity index (χ2v) is 6.50. The third-order valence-corrected chi connectivity index (χ3v) is 4.10. The van der Waals surface area contributed by atoms with Gasteiger partial charge in [-0.05, 0) is 12.5 Å². The van der Waals surface area contributed by atoms with E-state index in [0.29, 0.717) is 25.3 Å². The van der Waals surface area contributed by atoms with Gasteiger partial charge in [-0.2, -0.15) is 0 Å². The lowest BCUT2D eigenvalue weighted by molar-refractivity contribution is -0.122. The van der Waals surface area contributed by atoms with Crippen LogP contribution < -0.4 is 5.32 Å². The molecule has 2 aromatic rings. The highest BCUT2D eigenvalue weighted by atomic mass is 16.3. The monoisotopic (exact) mass is 329 g/mol. The van der Waals surface area contributed by atoms with Crippen molar-refractivity contribution in [2.24, 2.45) is 0 Å². The summed E-state index contributed by atoms with van der Waals surface area (Å²) in [5.74, 6) is 1.26. The van der Waals surface area contributed by atoms with E-state index >= 15 is 0 Å². The van der Waals surface area contributed by atoms with Crippen LogP contribution in [0.2, 0.25) is 0 Å². The molecule has 0 radical (unpaired) electrons. The molecule has 0 aliphatic carbocycles. The summed E-state index contributed by atoms with van der Waals surface area (Å²) in [5, 5.41) is 13.1. The smallest absolute Gasteiger partial charge is 0.222 e. The highest BCUT2D eigenvalue weighted by molar-refractivity contribution is 5.76. The van der Waals surface area contributed by atoms with Crippen molar-refractivity contribution in [2.75, 3.05) is 0 Å². The van der Waals surface area contributed by atoms with Crippen LogP contribution >= 0.6 is 0 Å². The lowest BCUT2D eigenvalue weighted by Gasteiger charge is -2.20. The number of carbonyl (C=O) groups is 1. The molecular formula is C19H27N3O2. The number of rotatable bonds is 8. The van der Waals surface area contributed by atoms with E-state index < -0.39 is 6.10 Å². The number of aliphatic hydroxyl groups excluding tert-OH is 1. The SMILES string of the molecule is CC(C)c1nccn1CCC(=O)NC(C)C(O)Cc1ccccc1. The quantitative estimate of drug-likeness (QED) is 0.782. The topological polar surface area (TPSA) is 67.2 Å². The van der Waals surface area contributed by atoms with Gasteiger partial charge in [0.2, 0.25) is 5.91 Å². The van der Waals surface area contributed by atoms with Crippen molar-refractivity contribution in [3.05, 3.63) is 54.1 Å². The summed E-state index contributed by atoms with van der Waals surface area (Å²) in [6.07, 6.45) is 3.96. The minimum atomic E-state index is -0.601. The molecule has 0 saturated heterocycles. The fraction of sp³-hybridized carbons (Fsp3) is 0.474. The minimum absolute atomic E-state index is 0.0574. The molecule has 1 amide bonds. The van der Waals surface area contributed by atoms with Crippen molar-refractivity contribution in [2.45, 2.75) is 58.2 Å². The van der Waals surface area contributed by atoms with Crippen LogP contribution in [0.25, 0.3) is 0 Å². The van der Waals surface area contributed by atoms with E-state index in [1.165, 1.54) is 0 Å². The molecule has 1 heterocycles. The van der Waals surface area contributed by atoms with Gasteiger partial charge in [0.1, 0.15) is 5.82 Å². The lowest BCUT2D eigenvalue weighted by atomic mass is 10.0. The Morgan fingerprint density at radius 3 is 2.62 bits per heavy atom. The number of hydrogen-bond donors (Lipinski definition) is 2. The highest BCUT2D eigenvalue weighted by Gasteiger charge is 2.17. The van der Waals surface area contributed by atoms with Crippen LogP contribution in [0.5, 0.6) is 0 Å². The molecule has 24 heavy (non-hydrogen) atoms. The molecule has 0 spiro atoms. The zero-order valence-corrected chi connectivity index (χ0v) is 14.6. The Balaban J connectivity index is 1.80. The normalized spacial score (nSPS) is 13.7. The first-order valence-corrected chi connectivity index (χ1v) is 8.49. The first kappa shape index (κ1) is 18.2. The first-order valence-electron chi connectivity index (χ1n) is 8.49.